The van der Waals surface area contributed by atoms with Gasteiger partial charge in [-0.15, -0.1) is 0 Å². The van der Waals surface area contributed by atoms with Crippen LogP contribution in [0, 0.1) is 12.7 Å². The Kier molecular flexibility index (Phi) is 3.74. The van der Waals surface area contributed by atoms with Crippen LogP contribution in [0.1, 0.15) is 35.4 Å². The molecule has 108 valence electrons. The van der Waals surface area contributed by atoms with E-state index in [2.05, 4.69) is 11.4 Å². The zero-order valence-corrected chi connectivity index (χ0v) is 12.0. The summed E-state index contributed by atoms with van der Waals surface area (Å²) in [4.78, 5) is 12.5. The number of carbonyl (C=O) groups excluding carboxylic acids is 1. The number of rotatable bonds is 2. The molecule has 1 aliphatic carbocycles. The first-order valence-corrected chi connectivity index (χ1v) is 7.30. The van der Waals surface area contributed by atoms with Crippen molar-refractivity contribution in [1.82, 2.24) is 0 Å². The number of anilines is 1. The molecule has 2 nitrogen and oxygen atoms in total. The summed E-state index contributed by atoms with van der Waals surface area (Å²) in [6, 6.07) is 12.8. The van der Waals surface area contributed by atoms with Gasteiger partial charge in [-0.05, 0) is 55.0 Å². The Bertz CT molecular complexity index is 681. The monoisotopic (exact) mass is 283 g/mol. The van der Waals surface area contributed by atoms with Crippen molar-refractivity contribution in [3.05, 3.63) is 65.0 Å². The van der Waals surface area contributed by atoms with E-state index in [-0.39, 0.29) is 17.5 Å². The number of fused-ring (bicyclic) bond motifs is 1. The normalized spacial score (nSPS) is 17.1. The Morgan fingerprint density at radius 1 is 1.24 bits per heavy atom. The van der Waals surface area contributed by atoms with Crippen LogP contribution in [0.15, 0.2) is 42.5 Å². The van der Waals surface area contributed by atoms with Crippen molar-refractivity contribution in [1.29, 1.82) is 0 Å². The van der Waals surface area contributed by atoms with Crippen LogP contribution >= 0.6 is 0 Å². The van der Waals surface area contributed by atoms with Gasteiger partial charge in [0.2, 0.25) is 5.91 Å². The van der Waals surface area contributed by atoms with Crippen molar-refractivity contribution in [3.63, 3.8) is 0 Å². The molecule has 1 N–H and O–H groups in total. The van der Waals surface area contributed by atoms with Gasteiger partial charge in [0.1, 0.15) is 5.82 Å². The van der Waals surface area contributed by atoms with Crippen LogP contribution in [0.4, 0.5) is 10.1 Å². The van der Waals surface area contributed by atoms with Crippen molar-refractivity contribution in [3.8, 4) is 0 Å². The Balaban J connectivity index is 1.85. The average molecular weight is 283 g/mol. The van der Waals surface area contributed by atoms with Crippen LogP contribution in [0.2, 0.25) is 0 Å². The molecule has 1 atom stereocenters. The van der Waals surface area contributed by atoms with Crippen LogP contribution in [-0.4, -0.2) is 5.91 Å². The van der Waals surface area contributed by atoms with E-state index in [1.54, 1.807) is 12.1 Å². The Labute approximate surface area is 124 Å². The molecular formula is C18H18FNO. The van der Waals surface area contributed by atoms with E-state index in [0.717, 1.165) is 30.4 Å². The molecule has 0 saturated carbocycles. The smallest absolute Gasteiger partial charge is 0.232 e. The van der Waals surface area contributed by atoms with E-state index >= 15 is 0 Å². The molecule has 1 amide bonds. The molecule has 2 aromatic carbocycles. The first-order valence-electron chi connectivity index (χ1n) is 7.30. The third-order valence-corrected chi connectivity index (χ3v) is 4.07. The summed E-state index contributed by atoms with van der Waals surface area (Å²) in [5, 5.41) is 2.75. The number of halogens is 1. The van der Waals surface area contributed by atoms with Crippen molar-refractivity contribution in [2.45, 2.75) is 32.1 Å². The highest BCUT2D eigenvalue weighted by Gasteiger charge is 2.26. The van der Waals surface area contributed by atoms with Crippen molar-refractivity contribution >= 4 is 11.6 Å². The molecule has 0 aliphatic heterocycles. The van der Waals surface area contributed by atoms with Crippen LogP contribution in [-0.2, 0) is 11.2 Å². The number of aryl methyl sites for hydroxylation is 2. The highest BCUT2D eigenvalue weighted by Crippen LogP contribution is 2.32. The Hall–Kier alpha value is -2.16. The topological polar surface area (TPSA) is 29.1 Å². The maximum Gasteiger partial charge on any atom is 0.232 e. The van der Waals surface area contributed by atoms with Gasteiger partial charge in [-0.2, -0.15) is 0 Å². The Morgan fingerprint density at radius 2 is 2.05 bits per heavy atom. The van der Waals surface area contributed by atoms with Crippen LogP contribution in [0.5, 0.6) is 0 Å². The van der Waals surface area contributed by atoms with Gasteiger partial charge in [-0.1, -0.05) is 30.3 Å². The van der Waals surface area contributed by atoms with E-state index < -0.39 is 5.82 Å². The molecular weight excluding hydrogens is 265 g/mol. The van der Waals surface area contributed by atoms with E-state index in [0.29, 0.717) is 0 Å². The van der Waals surface area contributed by atoms with Crippen LogP contribution in [0.3, 0.4) is 0 Å². The molecule has 1 aliphatic rings. The summed E-state index contributed by atoms with van der Waals surface area (Å²) in [6.07, 6.45) is 2.82. The number of carbonyl (C=O) groups is 1. The lowest BCUT2D eigenvalue weighted by atomic mass is 9.82. The summed E-state index contributed by atoms with van der Waals surface area (Å²) < 4.78 is 13.8. The number of hydrogen-bond donors (Lipinski definition) is 1. The van der Waals surface area contributed by atoms with Gasteiger partial charge in [0.15, 0.2) is 0 Å². The molecule has 3 heteroatoms. The molecule has 1 unspecified atom stereocenters. The third kappa shape index (κ3) is 2.82. The maximum atomic E-state index is 13.8. The number of amides is 1. The fraction of sp³-hybridized carbons (Fsp3) is 0.278. The number of nitrogens with one attached hydrogen (secondary N) is 1. The highest BCUT2D eigenvalue weighted by molar-refractivity contribution is 5.96. The summed E-state index contributed by atoms with van der Waals surface area (Å²) in [5.41, 5.74) is 3.50. The SMILES string of the molecule is Cc1ccc(F)c(NC(=O)C2CCCc3ccccc32)c1. The van der Waals surface area contributed by atoms with Gasteiger partial charge in [0.25, 0.3) is 0 Å². The highest BCUT2D eigenvalue weighted by atomic mass is 19.1. The van der Waals surface area contributed by atoms with E-state index in [4.69, 9.17) is 0 Å². The summed E-state index contributed by atoms with van der Waals surface area (Å²) in [7, 11) is 0. The molecule has 0 spiro atoms. The first kappa shape index (κ1) is 13.8. The van der Waals surface area contributed by atoms with Crippen molar-refractivity contribution in [2.75, 3.05) is 5.32 Å². The van der Waals surface area contributed by atoms with E-state index in [9.17, 15) is 9.18 Å². The predicted octanol–water partition coefficient (Wildman–Crippen LogP) is 4.19. The van der Waals surface area contributed by atoms with Gasteiger partial charge in [-0.3, -0.25) is 4.79 Å². The van der Waals surface area contributed by atoms with E-state index in [1.807, 2.05) is 25.1 Å². The molecule has 0 bridgehead atoms. The molecule has 0 aromatic heterocycles. The minimum atomic E-state index is -0.391. The molecule has 2 aromatic rings. The largest absolute Gasteiger partial charge is 0.323 e. The lowest BCUT2D eigenvalue weighted by molar-refractivity contribution is -0.117. The zero-order chi connectivity index (χ0) is 14.8. The van der Waals surface area contributed by atoms with Gasteiger partial charge < -0.3 is 5.32 Å². The lowest BCUT2D eigenvalue weighted by Crippen LogP contribution is -2.25. The second-order valence-corrected chi connectivity index (χ2v) is 5.62. The van der Waals surface area contributed by atoms with Gasteiger partial charge >= 0.3 is 0 Å². The molecule has 0 fully saturated rings. The summed E-state index contributed by atoms with van der Waals surface area (Å²) >= 11 is 0. The molecule has 3 rings (SSSR count). The average Bonchev–Trinajstić information content (AvgIpc) is 2.50. The molecule has 21 heavy (non-hydrogen) atoms. The van der Waals surface area contributed by atoms with Crippen LogP contribution in [0.25, 0.3) is 0 Å². The third-order valence-electron chi connectivity index (χ3n) is 4.07. The van der Waals surface area contributed by atoms with Crippen LogP contribution < -0.4 is 5.32 Å². The summed E-state index contributed by atoms with van der Waals surface area (Å²) in [5.74, 6) is -0.695. The van der Waals surface area contributed by atoms with Crippen molar-refractivity contribution in [2.24, 2.45) is 0 Å². The van der Waals surface area contributed by atoms with Gasteiger partial charge in [0, 0.05) is 0 Å². The van der Waals surface area contributed by atoms with Crippen molar-refractivity contribution < 1.29 is 9.18 Å². The molecule has 0 heterocycles. The number of benzene rings is 2. The van der Waals surface area contributed by atoms with Gasteiger partial charge in [-0.25, -0.2) is 4.39 Å². The second kappa shape index (κ2) is 5.68. The fourth-order valence-electron chi connectivity index (χ4n) is 2.98. The lowest BCUT2D eigenvalue weighted by Gasteiger charge is -2.24. The maximum absolute atomic E-state index is 13.8. The van der Waals surface area contributed by atoms with Gasteiger partial charge in [0.05, 0.1) is 11.6 Å². The fourth-order valence-corrected chi connectivity index (χ4v) is 2.98. The minimum absolute atomic E-state index is 0.119. The van der Waals surface area contributed by atoms with E-state index in [1.165, 1.54) is 11.6 Å². The minimum Gasteiger partial charge on any atom is -0.323 e. The second-order valence-electron chi connectivity index (χ2n) is 5.62. The molecule has 0 saturated heterocycles. The summed E-state index contributed by atoms with van der Waals surface area (Å²) in [6.45, 7) is 1.88. The quantitative estimate of drug-likeness (QED) is 0.879. The molecule has 0 radical (unpaired) electrons. The predicted molar refractivity (Wildman–Crippen MR) is 81.9 cm³/mol. The standard InChI is InChI=1S/C18H18FNO/c1-12-9-10-16(19)17(11-12)20-18(21)15-8-4-6-13-5-2-3-7-14(13)15/h2-3,5,7,9-11,15H,4,6,8H2,1H3,(H,20,21). The zero-order valence-electron chi connectivity index (χ0n) is 12.0. The first-order chi connectivity index (χ1) is 10.1. The Morgan fingerprint density at radius 3 is 2.90 bits per heavy atom. The number of hydrogen-bond acceptors (Lipinski definition) is 1.